The summed E-state index contributed by atoms with van der Waals surface area (Å²) in [5, 5.41) is 21.0. The lowest BCUT2D eigenvalue weighted by Gasteiger charge is -2.40. The summed E-state index contributed by atoms with van der Waals surface area (Å²) in [7, 11) is 0. The van der Waals surface area contributed by atoms with Crippen molar-refractivity contribution in [3.63, 3.8) is 0 Å². The average Bonchev–Trinajstić information content (AvgIpc) is 3.47. The van der Waals surface area contributed by atoms with Gasteiger partial charge in [0.25, 0.3) is 0 Å². The molecule has 2 aliphatic rings. The van der Waals surface area contributed by atoms with E-state index >= 15 is 0 Å². The highest BCUT2D eigenvalue weighted by Gasteiger charge is 2.34. The van der Waals surface area contributed by atoms with Crippen molar-refractivity contribution in [2.45, 2.75) is 82.5 Å². The van der Waals surface area contributed by atoms with Crippen LogP contribution in [0.15, 0.2) is 77.6 Å². The summed E-state index contributed by atoms with van der Waals surface area (Å²) in [6, 6.07) is 23.3. The predicted molar refractivity (Wildman–Crippen MR) is 184 cm³/mol. The van der Waals surface area contributed by atoms with E-state index < -0.39 is 12.2 Å². The highest BCUT2D eigenvalue weighted by molar-refractivity contribution is 5.90. The van der Waals surface area contributed by atoms with E-state index in [-0.39, 0.29) is 42.9 Å². The van der Waals surface area contributed by atoms with Gasteiger partial charge in [0.1, 0.15) is 0 Å². The molecular weight excluding hydrogens is 626 g/mol. The molecule has 3 atom stereocenters. The minimum absolute atomic E-state index is 0.0208. The van der Waals surface area contributed by atoms with Gasteiger partial charge in [-0.05, 0) is 61.1 Å². The Morgan fingerprint density at radius 2 is 1.55 bits per heavy atom. The number of aliphatic hydroxyl groups is 1. The van der Waals surface area contributed by atoms with Crippen molar-refractivity contribution in [3.05, 3.63) is 100.0 Å². The van der Waals surface area contributed by atoms with Gasteiger partial charge in [-0.25, -0.2) is 10.3 Å². The van der Waals surface area contributed by atoms with E-state index in [0.29, 0.717) is 37.8 Å². The van der Waals surface area contributed by atoms with E-state index in [9.17, 15) is 19.5 Å². The zero-order valence-corrected chi connectivity index (χ0v) is 27.6. The highest BCUT2D eigenvalue weighted by atomic mass is 16.7. The van der Waals surface area contributed by atoms with Crippen molar-refractivity contribution >= 4 is 28.5 Å². The van der Waals surface area contributed by atoms with E-state index in [1.165, 1.54) is 0 Å². The number of imidazole rings is 1. The number of hydrogen-bond donors (Lipinski definition) is 5. The number of carbonyl (C=O) groups is 2. The number of hydrogen-bond acceptors (Lipinski definition) is 8. The van der Waals surface area contributed by atoms with Gasteiger partial charge in [0.15, 0.2) is 6.29 Å². The lowest BCUT2D eigenvalue weighted by Crippen LogP contribution is -2.43. The minimum atomic E-state index is -0.607. The minimum Gasteiger partial charge on any atom is -0.392 e. The van der Waals surface area contributed by atoms with Crippen LogP contribution in [0.2, 0.25) is 0 Å². The van der Waals surface area contributed by atoms with E-state index in [1.54, 1.807) is 5.48 Å². The highest BCUT2D eigenvalue weighted by Crippen LogP contribution is 2.39. The Morgan fingerprint density at radius 3 is 2.27 bits per heavy atom. The van der Waals surface area contributed by atoms with Crippen LogP contribution in [0, 0.1) is 0 Å². The molecule has 2 aliphatic heterocycles. The smallest absolute Gasteiger partial charge is 0.326 e. The summed E-state index contributed by atoms with van der Waals surface area (Å²) in [5.74, 6) is -0.525. The zero-order chi connectivity index (χ0) is 34.2. The molecule has 0 radical (unpaired) electrons. The number of amides is 2. The van der Waals surface area contributed by atoms with Crippen LogP contribution in [0.3, 0.4) is 0 Å². The maximum Gasteiger partial charge on any atom is 0.326 e. The maximum atomic E-state index is 12.8. The number of carbonyl (C=O) groups excluding carboxylic acids is 2. The summed E-state index contributed by atoms with van der Waals surface area (Å²) in [6.07, 6.45) is 4.03. The molecule has 0 unspecified atom stereocenters. The van der Waals surface area contributed by atoms with Crippen LogP contribution >= 0.6 is 0 Å². The monoisotopic (exact) mass is 671 g/mol. The number of aromatic nitrogens is 2. The van der Waals surface area contributed by atoms with Crippen LogP contribution in [-0.4, -0.2) is 62.3 Å². The van der Waals surface area contributed by atoms with Gasteiger partial charge in [-0.1, -0.05) is 55.0 Å². The van der Waals surface area contributed by atoms with Crippen molar-refractivity contribution < 1.29 is 29.4 Å². The first-order chi connectivity index (χ1) is 23.9. The third-order valence-corrected chi connectivity index (χ3v) is 9.52. The number of nitrogens with zero attached hydrogens (tertiary/aromatic N) is 2. The molecule has 3 heterocycles. The number of unbranched alkanes of at least 4 members (excludes halogenated alkanes) is 2. The van der Waals surface area contributed by atoms with Gasteiger partial charge < -0.3 is 29.8 Å². The van der Waals surface area contributed by atoms with Crippen molar-refractivity contribution in [1.82, 2.24) is 19.9 Å². The molecule has 0 spiro atoms. The van der Waals surface area contributed by atoms with Crippen LogP contribution in [0.5, 0.6) is 0 Å². The molecule has 3 aromatic carbocycles. The topological polar surface area (TPSA) is 158 Å². The van der Waals surface area contributed by atoms with Crippen LogP contribution < -0.4 is 16.5 Å². The number of nitrogens with one attached hydrogen (secondary N) is 3. The number of anilines is 1. The molecule has 6 rings (SSSR count). The fourth-order valence-corrected chi connectivity index (χ4v) is 6.87. The molecule has 12 nitrogen and oxygen atoms in total. The molecule has 2 fully saturated rings. The van der Waals surface area contributed by atoms with Crippen molar-refractivity contribution in [2.24, 2.45) is 0 Å². The van der Waals surface area contributed by atoms with Gasteiger partial charge >= 0.3 is 5.69 Å². The first-order valence-electron chi connectivity index (χ1n) is 17.1. The van der Waals surface area contributed by atoms with Crippen LogP contribution in [-0.2, 0) is 25.7 Å². The second kappa shape index (κ2) is 16.4. The molecule has 4 aromatic rings. The SMILES string of the molecule is O=C(CCCCCC(=O)Nc1ccc([C@H]2O[C@@H](CN3CCC(n4c(=O)[nH]c5ccccc54)CC3)C[C@@H](c3ccc(CO)cc3)O2)cc1)NO. The number of H-pyrrole nitrogens is 1. The Hall–Kier alpha value is -4.33. The van der Waals surface area contributed by atoms with Crippen LogP contribution in [0.4, 0.5) is 5.69 Å². The van der Waals surface area contributed by atoms with E-state index in [1.807, 2.05) is 77.4 Å². The van der Waals surface area contributed by atoms with Crippen molar-refractivity contribution in [2.75, 3.05) is 25.0 Å². The summed E-state index contributed by atoms with van der Waals surface area (Å²) in [5.41, 5.74) is 6.76. The van der Waals surface area contributed by atoms with Gasteiger partial charge in [-0.15, -0.1) is 0 Å². The number of rotatable bonds is 13. The van der Waals surface area contributed by atoms with Gasteiger partial charge in [-0.3, -0.25) is 19.4 Å². The van der Waals surface area contributed by atoms with Crippen LogP contribution in [0.25, 0.3) is 11.0 Å². The van der Waals surface area contributed by atoms with E-state index in [2.05, 4.69) is 15.2 Å². The Labute approximate surface area is 285 Å². The third kappa shape index (κ3) is 8.83. The molecule has 2 amide bonds. The normalized spacial score (nSPS) is 20.3. The average molecular weight is 672 g/mol. The second-order valence-corrected chi connectivity index (χ2v) is 13.0. The fourth-order valence-electron chi connectivity index (χ4n) is 6.87. The maximum absolute atomic E-state index is 12.8. The number of aliphatic hydroxyl groups excluding tert-OH is 1. The second-order valence-electron chi connectivity index (χ2n) is 13.0. The molecule has 1 aromatic heterocycles. The number of likely N-dealkylation sites (tertiary alicyclic amines) is 1. The van der Waals surface area contributed by atoms with Gasteiger partial charge in [0, 0.05) is 56.2 Å². The molecule has 49 heavy (non-hydrogen) atoms. The first-order valence-corrected chi connectivity index (χ1v) is 17.1. The Kier molecular flexibility index (Phi) is 11.5. The van der Waals surface area contributed by atoms with E-state index in [0.717, 1.165) is 60.2 Å². The summed E-state index contributed by atoms with van der Waals surface area (Å²) >= 11 is 0. The van der Waals surface area contributed by atoms with Crippen molar-refractivity contribution in [3.8, 4) is 0 Å². The van der Waals surface area contributed by atoms with Gasteiger partial charge in [0.05, 0.1) is 29.8 Å². The number of para-hydroxylation sites is 2. The molecule has 0 aliphatic carbocycles. The zero-order valence-electron chi connectivity index (χ0n) is 27.6. The molecule has 260 valence electrons. The number of piperidine rings is 1. The van der Waals surface area contributed by atoms with Gasteiger partial charge in [0.2, 0.25) is 11.8 Å². The Balaban J connectivity index is 1.07. The summed E-state index contributed by atoms with van der Waals surface area (Å²) in [6.45, 7) is 2.42. The third-order valence-electron chi connectivity index (χ3n) is 9.52. The standard InChI is InChI=1S/C37H45N5O7/c43-24-25-10-12-26(13-11-25)33-22-30(23-41-20-18-29(19-21-41)42-32-7-5-4-6-31(32)39-37(42)46)48-36(49-33)27-14-16-28(17-15-27)38-34(44)8-2-1-3-9-35(45)40-47/h4-7,10-17,29-30,33,36,43,47H,1-3,8-9,18-24H2,(H,38,44)(H,39,46)(H,40,45)/t30-,33+,36+/m1/s1. The van der Waals surface area contributed by atoms with Gasteiger partial charge in [-0.2, -0.15) is 0 Å². The molecule has 0 saturated carbocycles. The molecule has 0 bridgehead atoms. The quantitative estimate of drug-likeness (QED) is 0.0747. The van der Waals surface area contributed by atoms with Crippen molar-refractivity contribution in [1.29, 1.82) is 0 Å². The summed E-state index contributed by atoms with van der Waals surface area (Å²) in [4.78, 5) is 41.8. The number of ether oxygens (including phenoxy) is 2. The lowest BCUT2D eigenvalue weighted by atomic mass is 9.98. The lowest BCUT2D eigenvalue weighted by molar-refractivity contribution is -0.253. The largest absolute Gasteiger partial charge is 0.392 e. The first kappa shape index (κ1) is 34.5. The number of hydroxylamine groups is 1. The molecule has 5 N–H and O–H groups in total. The number of benzene rings is 3. The summed E-state index contributed by atoms with van der Waals surface area (Å²) < 4.78 is 15.0. The molecule has 12 heteroatoms. The van der Waals surface area contributed by atoms with E-state index in [4.69, 9.17) is 14.7 Å². The Morgan fingerprint density at radius 1 is 0.857 bits per heavy atom. The molecule has 2 saturated heterocycles. The Bertz CT molecular complexity index is 1750. The fraction of sp³-hybridized carbons (Fsp3) is 0.432. The number of aromatic amines is 1. The van der Waals surface area contributed by atoms with Crippen LogP contribution in [0.1, 0.15) is 86.5 Å². The molecular formula is C37H45N5O7. The predicted octanol–water partition coefficient (Wildman–Crippen LogP) is 5.10. The number of fused-ring (bicyclic) bond motifs is 1.